The lowest BCUT2D eigenvalue weighted by atomic mass is 10.1. The lowest BCUT2D eigenvalue weighted by Gasteiger charge is -2.22. The van der Waals surface area contributed by atoms with Crippen LogP contribution in [0.1, 0.15) is 26.9 Å². The predicted molar refractivity (Wildman–Crippen MR) is 89.8 cm³/mol. The summed E-state index contributed by atoms with van der Waals surface area (Å²) in [7, 11) is 0. The third-order valence-electron chi connectivity index (χ3n) is 4.37. The first-order valence-corrected chi connectivity index (χ1v) is 8.75. The highest BCUT2D eigenvalue weighted by Gasteiger charge is 2.48. The summed E-state index contributed by atoms with van der Waals surface area (Å²) in [5.41, 5.74) is 2.50. The van der Waals surface area contributed by atoms with Gasteiger partial charge in [-0.1, -0.05) is 30.3 Å². The Morgan fingerprint density at radius 2 is 1.96 bits per heavy atom. The van der Waals surface area contributed by atoms with Crippen molar-refractivity contribution in [2.24, 2.45) is 0 Å². The number of nitrogens with one attached hydrogen (secondary N) is 1. The maximum Gasteiger partial charge on any atom is 0.256 e. The van der Waals surface area contributed by atoms with E-state index < -0.39 is 6.04 Å². The fraction of sp³-hybridized carbons (Fsp3) is 0.222. The number of thioether (sulfide) groups is 1. The molecule has 0 saturated carbocycles. The van der Waals surface area contributed by atoms with Gasteiger partial charge in [-0.05, 0) is 29.3 Å². The molecule has 2 aromatic carbocycles. The molecule has 1 N–H and O–H groups in total. The van der Waals surface area contributed by atoms with Crippen molar-refractivity contribution < 1.29 is 14.0 Å². The molecule has 1 saturated heterocycles. The van der Waals surface area contributed by atoms with Crippen LogP contribution in [0.2, 0.25) is 0 Å². The molecule has 2 heterocycles. The second kappa shape index (κ2) is 5.94. The Morgan fingerprint density at radius 1 is 1.21 bits per heavy atom. The molecule has 0 aromatic heterocycles. The summed E-state index contributed by atoms with van der Waals surface area (Å²) in [4.78, 5) is 26.8. The van der Waals surface area contributed by atoms with Crippen LogP contribution in [0.3, 0.4) is 0 Å². The molecule has 0 radical (unpaired) electrons. The molecule has 24 heavy (non-hydrogen) atoms. The summed E-state index contributed by atoms with van der Waals surface area (Å²) in [6, 6.07) is 13.0. The first kappa shape index (κ1) is 15.2. The van der Waals surface area contributed by atoms with Gasteiger partial charge < -0.3 is 10.2 Å². The van der Waals surface area contributed by atoms with Crippen LogP contribution in [0.25, 0.3) is 0 Å². The number of carbonyl (C=O) groups excluding carboxylic acids is 2. The lowest BCUT2D eigenvalue weighted by molar-refractivity contribution is -0.124. The van der Waals surface area contributed by atoms with Gasteiger partial charge in [-0.3, -0.25) is 9.59 Å². The molecule has 4 nitrogen and oxygen atoms in total. The van der Waals surface area contributed by atoms with E-state index >= 15 is 0 Å². The molecule has 2 aromatic rings. The van der Waals surface area contributed by atoms with Gasteiger partial charge in [0.25, 0.3) is 5.91 Å². The molecule has 4 rings (SSSR count). The Morgan fingerprint density at radius 3 is 2.75 bits per heavy atom. The number of amides is 2. The van der Waals surface area contributed by atoms with Crippen LogP contribution in [-0.4, -0.2) is 28.5 Å². The van der Waals surface area contributed by atoms with E-state index in [1.54, 1.807) is 28.8 Å². The number of halogens is 1. The molecular weight excluding hydrogens is 327 g/mol. The highest BCUT2D eigenvalue weighted by molar-refractivity contribution is 7.99. The fourth-order valence-electron chi connectivity index (χ4n) is 3.15. The molecule has 0 unspecified atom stereocenters. The lowest BCUT2D eigenvalue weighted by Crippen LogP contribution is -2.45. The number of hydrogen-bond donors (Lipinski definition) is 1. The minimum absolute atomic E-state index is 0.0738. The molecule has 0 bridgehead atoms. The minimum atomic E-state index is -0.472. The molecule has 0 spiro atoms. The standard InChI is InChI=1S/C18H15FN2O2S/c19-12-7-5-11(6-8-12)9-20-16(22)15-10-24-18-14-4-2-1-3-13(14)17(23)21(15)18/h1-8,15,18H,9-10H2,(H,20,22)/t15-,18-/m0/s1. The fourth-order valence-corrected chi connectivity index (χ4v) is 4.62. The number of nitrogens with zero attached hydrogens (tertiary/aromatic N) is 1. The third-order valence-corrected chi connectivity index (χ3v) is 5.68. The first-order valence-electron chi connectivity index (χ1n) is 7.70. The molecule has 2 amide bonds. The SMILES string of the molecule is O=C(NCc1ccc(F)cc1)[C@@H]1CS[C@H]2c3ccccc3C(=O)N12. The quantitative estimate of drug-likeness (QED) is 0.933. The Hall–Kier alpha value is -2.34. The van der Waals surface area contributed by atoms with Crippen molar-refractivity contribution in [2.75, 3.05) is 5.75 Å². The van der Waals surface area contributed by atoms with Crippen molar-refractivity contribution in [1.82, 2.24) is 10.2 Å². The van der Waals surface area contributed by atoms with Gasteiger partial charge in [0.2, 0.25) is 5.91 Å². The Bertz CT molecular complexity index is 809. The number of rotatable bonds is 3. The highest BCUT2D eigenvalue weighted by Crippen LogP contribution is 2.47. The van der Waals surface area contributed by atoms with E-state index in [9.17, 15) is 14.0 Å². The molecular formula is C18H15FN2O2S. The van der Waals surface area contributed by atoms with E-state index in [0.29, 0.717) is 17.9 Å². The Kier molecular flexibility index (Phi) is 3.76. The second-order valence-electron chi connectivity index (χ2n) is 5.85. The molecule has 2 aliphatic heterocycles. The van der Waals surface area contributed by atoms with Crippen molar-refractivity contribution >= 4 is 23.6 Å². The van der Waals surface area contributed by atoms with Gasteiger partial charge >= 0.3 is 0 Å². The van der Waals surface area contributed by atoms with Gasteiger partial charge in [0.05, 0.1) is 0 Å². The zero-order valence-corrected chi connectivity index (χ0v) is 13.6. The van der Waals surface area contributed by atoms with Crippen LogP contribution in [0.5, 0.6) is 0 Å². The van der Waals surface area contributed by atoms with E-state index in [-0.39, 0.29) is 23.0 Å². The smallest absolute Gasteiger partial charge is 0.256 e. The summed E-state index contributed by atoms with van der Waals surface area (Å²) in [6.07, 6.45) is 0. The van der Waals surface area contributed by atoms with E-state index in [0.717, 1.165) is 11.1 Å². The van der Waals surface area contributed by atoms with Gasteiger partial charge in [0.15, 0.2) is 0 Å². The van der Waals surface area contributed by atoms with Crippen LogP contribution in [-0.2, 0) is 11.3 Å². The van der Waals surface area contributed by atoms with Crippen LogP contribution >= 0.6 is 11.8 Å². The predicted octanol–water partition coefficient (Wildman–Crippen LogP) is 2.71. The molecule has 1 fully saturated rings. The summed E-state index contributed by atoms with van der Waals surface area (Å²) in [5.74, 6) is 0.0264. The largest absolute Gasteiger partial charge is 0.350 e. The molecule has 0 aliphatic carbocycles. The van der Waals surface area contributed by atoms with Gasteiger partial charge in [0.1, 0.15) is 17.2 Å². The monoisotopic (exact) mass is 342 g/mol. The van der Waals surface area contributed by atoms with Crippen LogP contribution in [0.4, 0.5) is 4.39 Å². The average molecular weight is 342 g/mol. The van der Waals surface area contributed by atoms with E-state index in [1.807, 2.05) is 24.3 Å². The molecule has 2 aliphatic rings. The molecule has 6 heteroatoms. The van der Waals surface area contributed by atoms with E-state index in [4.69, 9.17) is 0 Å². The minimum Gasteiger partial charge on any atom is -0.350 e. The van der Waals surface area contributed by atoms with Crippen molar-refractivity contribution in [3.05, 3.63) is 71.0 Å². The van der Waals surface area contributed by atoms with Crippen molar-refractivity contribution in [2.45, 2.75) is 18.0 Å². The highest BCUT2D eigenvalue weighted by atomic mass is 32.2. The van der Waals surface area contributed by atoms with Crippen molar-refractivity contribution in [3.63, 3.8) is 0 Å². The van der Waals surface area contributed by atoms with Crippen LogP contribution in [0, 0.1) is 5.82 Å². The zero-order valence-electron chi connectivity index (χ0n) is 12.7. The Balaban J connectivity index is 1.47. The summed E-state index contributed by atoms with van der Waals surface area (Å²) in [5, 5.41) is 2.78. The number of fused-ring (bicyclic) bond motifs is 3. The van der Waals surface area contributed by atoms with Gasteiger partial charge in [-0.15, -0.1) is 11.8 Å². The van der Waals surface area contributed by atoms with Crippen molar-refractivity contribution in [3.8, 4) is 0 Å². The Labute approximate surface area is 143 Å². The summed E-state index contributed by atoms with van der Waals surface area (Å²) < 4.78 is 12.9. The summed E-state index contributed by atoms with van der Waals surface area (Å²) in [6.45, 7) is 0.319. The van der Waals surface area contributed by atoms with Gasteiger partial charge in [0, 0.05) is 17.9 Å². The molecule has 122 valence electrons. The summed E-state index contributed by atoms with van der Waals surface area (Å²) >= 11 is 1.61. The topological polar surface area (TPSA) is 49.4 Å². The van der Waals surface area contributed by atoms with Gasteiger partial charge in [-0.2, -0.15) is 0 Å². The van der Waals surface area contributed by atoms with E-state index in [1.165, 1.54) is 12.1 Å². The molecule has 2 atom stereocenters. The number of benzene rings is 2. The third kappa shape index (κ3) is 2.47. The van der Waals surface area contributed by atoms with E-state index in [2.05, 4.69) is 5.32 Å². The van der Waals surface area contributed by atoms with Gasteiger partial charge in [-0.25, -0.2) is 4.39 Å². The number of hydrogen-bond acceptors (Lipinski definition) is 3. The van der Waals surface area contributed by atoms with Crippen LogP contribution in [0.15, 0.2) is 48.5 Å². The normalized spacial score (nSPS) is 21.5. The average Bonchev–Trinajstić information content (AvgIpc) is 3.15. The zero-order chi connectivity index (χ0) is 16.7. The van der Waals surface area contributed by atoms with Crippen molar-refractivity contribution in [1.29, 1.82) is 0 Å². The first-order chi connectivity index (χ1) is 11.6. The second-order valence-corrected chi connectivity index (χ2v) is 6.96. The maximum atomic E-state index is 12.9. The van der Waals surface area contributed by atoms with Crippen LogP contribution < -0.4 is 5.32 Å². The number of carbonyl (C=O) groups is 2. The maximum absolute atomic E-state index is 12.9.